The lowest BCUT2D eigenvalue weighted by molar-refractivity contribution is 1.30. The van der Waals surface area contributed by atoms with Crippen LogP contribution in [0.5, 0.6) is 0 Å². The van der Waals surface area contributed by atoms with Gasteiger partial charge >= 0.3 is 0 Å². The van der Waals surface area contributed by atoms with Crippen LogP contribution in [0, 0.1) is 11.8 Å². The lowest BCUT2D eigenvalue weighted by atomic mass is 10.3. The van der Waals surface area contributed by atoms with Crippen molar-refractivity contribution < 1.29 is 0 Å². The van der Waals surface area contributed by atoms with E-state index in [0.29, 0.717) is 6.54 Å². The first-order chi connectivity index (χ1) is 8.79. The molecule has 0 saturated heterocycles. The maximum atomic E-state index is 5.96. The summed E-state index contributed by atoms with van der Waals surface area (Å²) in [5.74, 6) is 6.90. The van der Waals surface area contributed by atoms with Crippen LogP contribution in [0.2, 0.25) is 5.02 Å². The van der Waals surface area contributed by atoms with Crippen LogP contribution in [-0.4, -0.2) is 6.54 Å². The van der Waals surface area contributed by atoms with Crippen LogP contribution in [0.15, 0.2) is 40.6 Å². The first-order valence-corrected chi connectivity index (χ1v) is 7.67. The van der Waals surface area contributed by atoms with E-state index in [4.69, 9.17) is 17.3 Å². The molecule has 2 rings (SSSR count). The Kier molecular flexibility index (Phi) is 5.15. The fourth-order valence-electron chi connectivity index (χ4n) is 1.42. The molecule has 2 N–H and O–H groups in total. The van der Waals surface area contributed by atoms with E-state index in [-0.39, 0.29) is 0 Å². The zero-order valence-electron chi connectivity index (χ0n) is 9.65. The Morgan fingerprint density at radius 1 is 1.33 bits per heavy atom. The molecule has 1 nitrogen and oxygen atoms in total. The normalized spacial score (nSPS) is 9.89. The van der Waals surface area contributed by atoms with Gasteiger partial charge in [0.1, 0.15) is 0 Å². The summed E-state index contributed by atoms with van der Waals surface area (Å²) in [4.78, 5) is 2.45. The Balaban J connectivity index is 2.04. The predicted octanol–water partition coefficient (Wildman–Crippen LogP) is 4.00. The van der Waals surface area contributed by atoms with Gasteiger partial charge in [0, 0.05) is 26.1 Å². The van der Waals surface area contributed by atoms with Crippen LogP contribution >= 0.6 is 34.7 Å². The maximum absolute atomic E-state index is 5.96. The van der Waals surface area contributed by atoms with Crippen molar-refractivity contribution in [2.45, 2.75) is 10.6 Å². The van der Waals surface area contributed by atoms with E-state index in [1.54, 1.807) is 23.1 Å². The largest absolute Gasteiger partial charge is 0.320 e. The maximum Gasteiger partial charge on any atom is 0.0555 e. The van der Waals surface area contributed by atoms with Gasteiger partial charge in [0.05, 0.1) is 6.54 Å². The molecule has 0 spiro atoms. The third kappa shape index (κ3) is 3.79. The molecule has 18 heavy (non-hydrogen) atoms. The molecule has 0 atom stereocenters. The Morgan fingerprint density at radius 3 is 3.00 bits per heavy atom. The SMILES string of the molecule is NCC#Cc1ccsc1CSc1cccc(Cl)c1. The molecule has 0 amide bonds. The van der Waals surface area contributed by atoms with Crippen LogP contribution in [-0.2, 0) is 5.75 Å². The molecule has 1 aromatic heterocycles. The molecule has 0 aliphatic heterocycles. The molecule has 0 saturated carbocycles. The molecule has 1 aromatic carbocycles. The predicted molar refractivity (Wildman–Crippen MR) is 81.3 cm³/mol. The van der Waals surface area contributed by atoms with Gasteiger partial charge in [0.15, 0.2) is 0 Å². The van der Waals surface area contributed by atoms with Crippen molar-refractivity contribution in [2.75, 3.05) is 6.54 Å². The summed E-state index contributed by atoms with van der Waals surface area (Å²) in [5.41, 5.74) is 6.47. The van der Waals surface area contributed by atoms with E-state index in [1.807, 2.05) is 24.3 Å². The molecule has 1 heterocycles. The van der Waals surface area contributed by atoms with Crippen LogP contribution in [0.3, 0.4) is 0 Å². The lowest BCUT2D eigenvalue weighted by Gasteiger charge is -2.01. The number of thioether (sulfide) groups is 1. The first kappa shape index (κ1) is 13.5. The number of rotatable bonds is 3. The number of hydrogen-bond acceptors (Lipinski definition) is 3. The quantitative estimate of drug-likeness (QED) is 0.684. The Morgan fingerprint density at radius 2 is 2.22 bits per heavy atom. The minimum Gasteiger partial charge on any atom is -0.320 e. The van der Waals surface area contributed by atoms with Crippen molar-refractivity contribution in [3.8, 4) is 11.8 Å². The first-order valence-electron chi connectivity index (χ1n) is 5.43. The van der Waals surface area contributed by atoms with Gasteiger partial charge in [-0.1, -0.05) is 29.5 Å². The van der Waals surface area contributed by atoms with E-state index in [9.17, 15) is 0 Å². The van der Waals surface area contributed by atoms with Crippen molar-refractivity contribution in [1.29, 1.82) is 0 Å². The van der Waals surface area contributed by atoms with Gasteiger partial charge in [0.2, 0.25) is 0 Å². The zero-order valence-corrected chi connectivity index (χ0v) is 12.0. The zero-order chi connectivity index (χ0) is 12.8. The average molecular weight is 294 g/mol. The molecule has 4 heteroatoms. The van der Waals surface area contributed by atoms with E-state index in [1.165, 1.54) is 9.77 Å². The monoisotopic (exact) mass is 293 g/mol. The summed E-state index contributed by atoms with van der Waals surface area (Å²) >= 11 is 9.45. The minimum atomic E-state index is 0.400. The fourth-order valence-corrected chi connectivity index (χ4v) is 3.57. The van der Waals surface area contributed by atoms with Crippen molar-refractivity contribution in [3.05, 3.63) is 51.2 Å². The second-order valence-electron chi connectivity index (χ2n) is 3.51. The van der Waals surface area contributed by atoms with Crippen LogP contribution < -0.4 is 5.73 Å². The fraction of sp³-hybridized carbons (Fsp3) is 0.143. The highest BCUT2D eigenvalue weighted by Gasteiger charge is 2.03. The molecule has 0 aliphatic rings. The highest BCUT2D eigenvalue weighted by molar-refractivity contribution is 7.98. The van der Waals surface area contributed by atoms with Gasteiger partial charge < -0.3 is 5.73 Å². The second kappa shape index (κ2) is 6.86. The van der Waals surface area contributed by atoms with Crippen LogP contribution in [0.4, 0.5) is 0 Å². The van der Waals surface area contributed by atoms with Gasteiger partial charge in [-0.05, 0) is 29.6 Å². The standard InChI is InChI=1S/C14H12ClNS2/c15-12-4-1-5-13(9-12)18-10-14-11(3-2-7-16)6-8-17-14/h1,4-6,8-9H,7,10,16H2. The van der Waals surface area contributed by atoms with Crippen LogP contribution in [0.25, 0.3) is 0 Å². The van der Waals surface area contributed by atoms with Crippen molar-refractivity contribution in [2.24, 2.45) is 5.73 Å². The van der Waals surface area contributed by atoms with Gasteiger partial charge in [-0.25, -0.2) is 0 Å². The molecular formula is C14H12ClNS2. The third-order valence-electron chi connectivity index (χ3n) is 2.24. The van der Waals surface area contributed by atoms with E-state index in [0.717, 1.165) is 16.3 Å². The van der Waals surface area contributed by atoms with Gasteiger partial charge in [-0.15, -0.1) is 23.1 Å². The number of nitrogens with two attached hydrogens (primary N) is 1. The molecule has 0 fully saturated rings. The molecule has 0 aliphatic carbocycles. The van der Waals surface area contributed by atoms with Crippen LogP contribution in [0.1, 0.15) is 10.4 Å². The number of halogens is 1. The average Bonchev–Trinajstić information content (AvgIpc) is 2.81. The van der Waals surface area contributed by atoms with E-state index in [2.05, 4.69) is 23.3 Å². The van der Waals surface area contributed by atoms with E-state index >= 15 is 0 Å². The highest BCUT2D eigenvalue weighted by Crippen LogP contribution is 2.28. The second-order valence-corrected chi connectivity index (χ2v) is 6.00. The van der Waals surface area contributed by atoms with Gasteiger partial charge in [0.25, 0.3) is 0 Å². The summed E-state index contributed by atoms with van der Waals surface area (Å²) in [5, 5.41) is 2.84. The Labute approximate surface area is 120 Å². The lowest BCUT2D eigenvalue weighted by Crippen LogP contribution is -1.93. The molecule has 92 valence electrons. The molecular weight excluding hydrogens is 282 g/mol. The molecule has 0 radical (unpaired) electrons. The van der Waals surface area contributed by atoms with Crippen molar-refractivity contribution in [3.63, 3.8) is 0 Å². The summed E-state index contributed by atoms with van der Waals surface area (Å²) < 4.78 is 0. The molecule has 2 aromatic rings. The number of benzene rings is 1. The summed E-state index contributed by atoms with van der Waals surface area (Å²) in [6.45, 7) is 0.400. The van der Waals surface area contributed by atoms with Gasteiger partial charge in [-0.2, -0.15) is 0 Å². The van der Waals surface area contributed by atoms with Gasteiger partial charge in [-0.3, -0.25) is 0 Å². The van der Waals surface area contributed by atoms with Crippen molar-refractivity contribution >= 4 is 34.7 Å². The van der Waals surface area contributed by atoms with E-state index < -0.39 is 0 Å². The minimum absolute atomic E-state index is 0.400. The smallest absolute Gasteiger partial charge is 0.0555 e. The molecule has 0 bridgehead atoms. The number of thiophene rings is 1. The number of hydrogen-bond donors (Lipinski definition) is 1. The third-order valence-corrected chi connectivity index (χ3v) is 4.60. The summed E-state index contributed by atoms with van der Waals surface area (Å²) in [6.07, 6.45) is 0. The highest BCUT2D eigenvalue weighted by atomic mass is 35.5. The Bertz CT molecular complexity index is 581. The topological polar surface area (TPSA) is 26.0 Å². The molecule has 0 unspecified atom stereocenters. The summed E-state index contributed by atoms with van der Waals surface area (Å²) in [6, 6.07) is 9.94. The Hall–Kier alpha value is -0.920. The summed E-state index contributed by atoms with van der Waals surface area (Å²) in [7, 11) is 0. The van der Waals surface area contributed by atoms with Crippen molar-refractivity contribution in [1.82, 2.24) is 0 Å².